The largest absolute Gasteiger partial charge is 0.411 e. The van der Waals surface area contributed by atoms with Crippen LogP contribution in [0.1, 0.15) is 17.9 Å². The fourth-order valence-corrected chi connectivity index (χ4v) is 2.45. The van der Waals surface area contributed by atoms with E-state index in [1.165, 1.54) is 0 Å². The second-order valence-electron chi connectivity index (χ2n) is 4.93. The lowest BCUT2D eigenvalue weighted by Crippen LogP contribution is -2.30. The average molecular weight is 322 g/mol. The molecular formula is C14H15ClF3NO2. The quantitative estimate of drug-likeness (QED) is 0.817. The Morgan fingerprint density at radius 2 is 2.10 bits per heavy atom. The number of nitrogens with one attached hydrogen (secondary N) is 1. The summed E-state index contributed by atoms with van der Waals surface area (Å²) in [6.07, 6.45) is -3.63. The second kappa shape index (κ2) is 6.66. The van der Waals surface area contributed by atoms with Crippen LogP contribution in [0.2, 0.25) is 5.02 Å². The smallest absolute Gasteiger partial charge is 0.370 e. The maximum Gasteiger partial charge on any atom is 0.411 e. The van der Waals surface area contributed by atoms with Gasteiger partial charge in [-0.2, -0.15) is 13.2 Å². The van der Waals surface area contributed by atoms with Crippen molar-refractivity contribution in [3.05, 3.63) is 34.9 Å². The number of carbonyl (C=O) groups is 1. The molecule has 1 amide bonds. The topological polar surface area (TPSA) is 38.3 Å². The molecule has 1 aliphatic carbocycles. The van der Waals surface area contributed by atoms with Crippen molar-refractivity contribution in [1.29, 1.82) is 0 Å². The first kappa shape index (κ1) is 16.1. The molecule has 116 valence electrons. The molecule has 1 aliphatic rings. The van der Waals surface area contributed by atoms with Crippen molar-refractivity contribution in [3.8, 4) is 0 Å². The molecule has 3 nitrogen and oxygen atoms in total. The molecule has 1 aromatic rings. The van der Waals surface area contributed by atoms with Gasteiger partial charge in [0, 0.05) is 17.5 Å². The van der Waals surface area contributed by atoms with Crippen molar-refractivity contribution < 1.29 is 22.7 Å². The van der Waals surface area contributed by atoms with E-state index in [9.17, 15) is 18.0 Å². The summed E-state index contributed by atoms with van der Waals surface area (Å²) >= 11 is 6.06. The summed E-state index contributed by atoms with van der Waals surface area (Å²) in [5, 5.41) is 3.21. The van der Waals surface area contributed by atoms with Crippen LogP contribution in [0.5, 0.6) is 0 Å². The van der Waals surface area contributed by atoms with Gasteiger partial charge in [0.2, 0.25) is 5.91 Å². The molecule has 0 spiro atoms. The van der Waals surface area contributed by atoms with E-state index in [1.54, 1.807) is 6.07 Å². The van der Waals surface area contributed by atoms with Crippen LogP contribution < -0.4 is 5.32 Å². The van der Waals surface area contributed by atoms with Crippen molar-refractivity contribution >= 4 is 17.5 Å². The van der Waals surface area contributed by atoms with Crippen LogP contribution in [0, 0.1) is 5.92 Å². The zero-order valence-electron chi connectivity index (χ0n) is 11.1. The number of hydrogen-bond acceptors (Lipinski definition) is 2. The fourth-order valence-electron chi connectivity index (χ4n) is 2.17. The summed E-state index contributed by atoms with van der Waals surface area (Å²) in [6, 6.07) is 7.34. The SMILES string of the molecule is O=C(NCCOCC(F)(F)F)C1CC1c1ccccc1Cl. The molecule has 7 heteroatoms. The van der Waals surface area contributed by atoms with E-state index >= 15 is 0 Å². The minimum atomic E-state index is -4.34. The number of carbonyl (C=O) groups excluding carboxylic acids is 1. The molecule has 2 rings (SSSR count). The minimum absolute atomic E-state index is 0.0701. The molecule has 0 aromatic heterocycles. The lowest BCUT2D eigenvalue weighted by Gasteiger charge is -2.08. The van der Waals surface area contributed by atoms with E-state index in [2.05, 4.69) is 10.1 Å². The Labute approximate surface area is 125 Å². The molecule has 1 aromatic carbocycles. The van der Waals surface area contributed by atoms with Gasteiger partial charge in [0.1, 0.15) is 6.61 Å². The van der Waals surface area contributed by atoms with Crippen molar-refractivity contribution in [2.75, 3.05) is 19.8 Å². The van der Waals surface area contributed by atoms with Crippen molar-refractivity contribution in [3.63, 3.8) is 0 Å². The first-order valence-electron chi connectivity index (χ1n) is 6.55. The number of amides is 1. The Morgan fingerprint density at radius 1 is 1.38 bits per heavy atom. The van der Waals surface area contributed by atoms with Gasteiger partial charge in [-0.1, -0.05) is 29.8 Å². The standard InChI is InChI=1S/C14H15ClF3NO2/c15-12-4-2-1-3-9(12)10-7-11(10)13(20)19-5-6-21-8-14(16,17)18/h1-4,10-11H,5-8H2,(H,19,20). The van der Waals surface area contributed by atoms with Crippen LogP contribution in [-0.2, 0) is 9.53 Å². The fraction of sp³-hybridized carbons (Fsp3) is 0.500. The highest BCUT2D eigenvalue weighted by Gasteiger charge is 2.44. The highest BCUT2D eigenvalue weighted by atomic mass is 35.5. The van der Waals surface area contributed by atoms with Gasteiger partial charge in [0.25, 0.3) is 0 Å². The summed E-state index contributed by atoms with van der Waals surface area (Å²) in [5.41, 5.74) is 0.938. The molecule has 2 atom stereocenters. The average Bonchev–Trinajstić information content (AvgIpc) is 3.17. The monoisotopic (exact) mass is 321 g/mol. The number of alkyl halides is 3. The number of benzene rings is 1. The van der Waals surface area contributed by atoms with Crippen molar-refractivity contribution in [1.82, 2.24) is 5.32 Å². The van der Waals surface area contributed by atoms with Gasteiger partial charge in [-0.15, -0.1) is 0 Å². The number of halogens is 4. The zero-order chi connectivity index (χ0) is 15.5. The second-order valence-corrected chi connectivity index (χ2v) is 5.34. The Kier molecular flexibility index (Phi) is 5.11. The molecule has 0 saturated heterocycles. The lowest BCUT2D eigenvalue weighted by molar-refractivity contribution is -0.173. The summed E-state index contributed by atoms with van der Waals surface area (Å²) < 4.78 is 39.9. The van der Waals surface area contributed by atoms with E-state index in [0.717, 1.165) is 5.56 Å². The Bertz CT molecular complexity index is 507. The first-order chi connectivity index (χ1) is 9.88. The summed E-state index contributed by atoms with van der Waals surface area (Å²) in [6.45, 7) is -1.38. The molecule has 2 unspecified atom stereocenters. The molecule has 1 saturated carbocycles. The van der Waals surface area contributed by atoms with Crippen molar-refractivity contribution in [2.45, 2.75) is 18.5 Å². The van der Waals surface area contributed by atoms with Crippen molar-refractivity contribution in [2.24, 2.45) is 5.92 Å². The molecule has 0 heterocycles. The van der Waals surface area contributed by atoms with Crippen LogP contribution in [-0.4, -0.2) is 31.8 Å². The lowest BCUT2D eigenvalue weighted by atomic mass is 10.1. The molecule has 21 heavy (non-hydrogen) atoms. The van der Waals surface area contributed by atoms with E-state index in [1.807, 2.05) is 18.2 Å². The third kappa shape index (κ3) is 4.89. The van der Waals surface area contributed by atoms with Gasteiger partial charge in [-0.25, -0.2) is 0 Å². The summed E-state index contributed by atoms with van der Waals surface area (Å²) in [5.74, 6) is -0.238. The number of hydrogen-bond donors (Lipinski definition) is 1. The van der Waals surface area contributed by atoms with Crippen LogP contribution in [0.4, 0.5) is 13.2 Å². The van der Waals surface area contributed by atoms with Crippen LogP contribution in [0.25, 0.3) is 0 Å². The molecule has 0 bridgehead atoms. The Balaban J connectivity index is 1.68. The van der Waals surface area contributed by atoms with Gasteiger partial charge < -0.3 is 10.1 Å². The van der Waals surface area contributed by atoms with Gasteiger partial charge in [0.15, 0.2) is 0 Å². The van der Waals surface area contributed by atoms with Gasteiger partial charge >= 0.3 is 6.18 Å². The van der Waals surface area contributed by atoms with E-state index < -0.39 is 12.8 Å². The maximum absolute atomic E-state index is 11.8. The minimum Gasteiger partial charge on any atom is -0.370 e. The molecule has 0 aliphatic heterocycles. The maximum atomic E-state index is 11.8. The number of ether oxygens (including phenoxy) is 1. The van der Waals surface area contributed by atoms with E-state index in [0.29, 0.717) is 11.4 Å². The third-order valence-electron chi connectivity index (χ3n) is 3.24. The highest BCUT2D eigenvalue weighted by Crippen LogP contribution is 2.49. The predicted octanol–water partition coefficient (Wildman–Crippen LogP) is 3.14. The predicted molar refractivity (Wildman–Crippen MR) is 72.2 cm³/mol. The Hall–Kier alpha value is -1.27. The zero-order valence-corrected chi connectivity index (χ0v) is 11.9. The molecule has 0 radical (unpaired) electrons. The number of rotatable bonds is 6. The van der Waals surface area contributed by atoms with Gasteiger partial charge in [-0.05, 0) is 24.0 Å². The summed E-state index contributed by atoms with van der Waals surface area (Å²) in [7, 11) is 0. The van der Waals surface area contributed by atoms with E-state index in [4.69, 9.17) is 11.6 Å². The van der Waals surface area contributed by atoms with Crippen LogP contribution in [0.3, 0.4) is 0 Å². The Morgan fingerprint density at radius 3 is 2.76 bits per heavy atom. The normalized spacial score (nSPS) is 21.1. The van der Waals surface area contributed by atoms with Crippen LogP contribution in [0.15, 0.2) is 24.3 Å². The first-order valence-corrected chi connectivity index (χ1v) is 6.93. The molecule has 1 fully saturated rings. The van der Waals surface area contributed by atoms with E-state index in [-0.39, 0.29) is 30.9 Å². The molecular weight excluding hydrogens is 307 g/mol. The molecule has 1 N–H and O–H groups in total. The highest BCUT2D eigenvalue weighted by molar-refractivity contribution is 6.31. The third-order valence-corrected chi connectivity index (χ3v) is 3.59. The summed E-state index contributed by atoms with van der Waals surface area (Å²) in [4.78, 5) is 11.8. The van der Waals surface area contributed by atoms with Gasteiger partial charge in [0.05, 0.1) is 6.61 Å². The van der Waals surface area contributed by atoms with Gasteiger partial charge in [-0.3, -0.25) is 4.79 Å². The van der Waals surface area contributed by atoms with Crippen LogP contribution >= 0.6 is 11.6 Å².